The summed E-state index contributed by atoms with van der Waals surface area (Å²) in [4.78, 5) is 27.3. The van der Waals surface area contributed by atoms with Crippen molar-refractivity contribution >= 4 is 6.09 Å². The van der Waals surface area contributed by atoms with Gasteiger partial charge < -0.3 is 24.1 Å². The molecule has 2 fully saturated rings. The maximum Gasteiger partial charge on any atom is 0.411 e. The van der Waals surface area contributed by atoms with E-state index in [1.54, 1.807) is 26.4 Å². The first kappa shape index (κ1) is 30.7. The van der Waals surface area contributed by atoms with Crippen molar-refractivity contribution in [2.45, 2.75) is 89.6 Å². The summed E-state index contributed by atoms with van der Waals surface area (Å²) in [5.41, 5.74) is 2.84. The number of piperidine rings is 1. The zero-order chi connectivity index (χ0) is 31.0. The van der Waals surface area contributed by atoms with E-state index in [1.807, 2.05) is 62.1 Å². The number of aromatic nitrogens is 3. The summed E-state index contributed by atoms with van der Waals surface area (Å²) in [7, 11) is 3.29. The van der Waals surface area contributed by atoms with Crippen molar-refractivity contribution in [2.75, 3.05) is 13.9 Å². The Bertz CT molecular complexity index is 1510. The smallest absolute Gasteiger partial charge is 0.411 e. The van der Waals surface area contributed by atoms with E-state index >= 15 is 0 Å². The van der Waals surface area contributed by atoms with Crippen LogP contribution < -0.4 is 15.6 Å². The van der Waals surface area contributed by atoms with Gasteiger partial charge in [-0.15, -0.1) is 0 Å². The molecule has 2 unspecified atom stereocenters. The minimum absolute atomic E-state index is 0.0764. The molecule has 2 aromatic heterocycles. The monoisotopic (exact) mass is 589 g/mol. The predicted octanol–water partition coefficient (Wildman–Crippen LogP) is 5.29. The van der Waals surface area contributed by atoms with Gasteiger partial charge in [-0.25, -0.2) is 4.79 Å². The Hall–Kier alpha value is -3.76. The van der Waals surface area contributed by atoms with Crippen LogP contribution in [-0.2, 0) is 23.1 Å². The van der Waals surface area contributed by atoms with E-state index in [2.05, 4.69) is 29.4 Å². The number of benzene rings is 1. The third-order valence-corrected chi connectivity index (χ3v) is 8.55. The highest BCUT2D eigenvalue weighted by atomic mass is 16.7. The van der Waals surface area contributed by atoms with Crippen molar-refractivity contribution in [1.82, 2.24) is 25.0 Å². The Morgan fingerprint density at radius 2 is 1.72 bits per heavy atom. The number of nitrogens with one attached hydrogen (secondary N) is 1. The third kappa shape index (κ3) is 6.60. The molecule has 0 spiro atoms. The van der Waals surface area contributed by atoms with Crippen LogP contribution in [0, 0.1) is 0 Å². The van der Waals surface area contributed by atoms with Gasteiger partial charge in [0.1, 0.15) is 11.4 Å². The van der Waals surface area contributed by atoms with Gasteiger partial charge in [0.25, 0.3) is 5.56 Å². The first-order valence-corrected chi connectivity index (χ1v) is 14.8. The minimum Gasteiger partial charge on any atom is -0.467 e. The number of carbonyl (C=O) groups excluding carboxylic acids is 1. The van der Waals surface area contributed by atoms with Crippen LogP contribution in [0.25, 0.3) is 22.4 Å². The summed E-state index contributed by atoms with van der Waals surface area (Å²) < 4.78 is 18.4. The Balaban J connectivity index is 1.28. The number of nitrogens with zero attached hydrogens (tertiary/aromatic N) is 4. The zero-order valence-electron chi connectivity index (χ0n) is 26.3. The number of hydrogen-bond acceptors (Lipinski definition) is 8. The molecular formula is C33H43N5O5. The Labute approximate surface area is 253 Å². The quantitative estimate of drug-likeness (QED) is 0.353. The van der Waals surface area contributed by atoms with Crippen molar-refractivity contribution in [1.29, 1.82) is 0 Å². The average molecular weight is 590 g/mol. The van der Waals surface area contributed by atoms with Gasteiger partial charge >= 0.3 is 6.09 Å². The van der Waals surface area contributed by atoms with E-state index in [1.165, 1.54) is 4.57 Å². The van der Waals surface area contributed by atoms with Gasteiger partial charge in [-0.2, -0.15) is 10.2 Å². The van der Waals surface area contributed by atoms with Crippen molar-refractivity contribution in [3.8, 4) is 28.1 Å². The molecule has 43 heavy (non-hydrogen) atoms. The maximum absolute atomic E-state index is 13.2. The van der Waals surface area contributed by atoms with Crippen LogP contribution >= 0.6 is 0 Å². The van der Waals surface area contributed by atoms with Crippen LogP contribution in [-0.4, -0.2) is 62.4 Å². The molecule has 10 nitrogen and oxygen atoms in total. The van der Waals surface area contributed by atoms with Crippen molar-refractivity contribution in [3.05, 3.63) is 64.7 Å². The number of fused-ring (bicyclic) bond motifs is 2. The molecule has 10 heteroatoms. The lowest BCUT2D eigenvalue weighted by Crippen LogP contribution is -2.63. The summed E-state index contributed by atoms with van der Waals surface area (Å²) in [6, 6.07) is 13.4. The van der Waals surface area contributed by atoms with Gasteiger partial charge in [0.2, 0.25) is 0 Å². The topological polar surface area (TPSA) is 108 Å². The third-order valence-electron chi connectivity index (χ3n) is 8.55. The number of amides is 1. The maximum atomic E-state index is 13.2. The van der Waals surface area contributed by atoms with Crippen LogP contribution in [0.5, 0.6) is 5.75 Å². The van der Waals surface area contributed by atoms with Crippen LogP contribution in [0.2, 0.25) is 0 Å². The summed E-state index contributed by atoms with van der Waals surface area (Å²) in [6.45, 7) is 10.7. The lowest BCUT2D eigenvalue weighted by molar-refractivity contribution is -0.0384. The van der Waals surface area contributed by atoms with Gasteiger partial charge in [0.05, 0.1) is 11.4 Å². The van der Waals surface area contributed by atoms with E-state index in [0.717, 1.165) is 48.1 Å². The average Bonchev–Trinajstić information content (AvgIpc) is 3.12. The van der Waals surface area contributed by atoms with Gasteiger partial charge in [-0.1, -0.05) is 6.07 Å². The molecule has 2 aliphatic heterocycles. The van der Waals surface area contributed by atoms with Crippen LogP contribution in [0.3, 0.4) is 0 Å². The van der Waals surface area contributed by atoms with Gasteiger partial charge in [0.15, 0.2) is 6.79 Å². The highest BCUT2D eigenvalue weighted by molar-refractivity contribution is 5.74. The number of hydrogen-bond donors (Lipinski definition) is 1. The molecule has 1 amide bonds. The van der Waals surface area contributed by atoms with E-state index < -0.39 is 5.60 Å². The van der Waals surface area contributed by atoms with Crippen LogP contribution in [0.15, 0.2) is 53.5 Å². The molecule has 1 aromatic carbocycles. The van der Waals surface area contributed by atoms with Gasteiger partial charge in [0, 0.05) is 55.6 Å². The molecule has 0 radical (unpaired) electrons. The molecule has 0 saturated carbocycles. The molecule has 4 heterocycles. The van der Waals surface area contributed by atoms with Crippen molar-refractivity contribution < 1.29 is 19.0 Å². The molecule has 5 rings (SSSR count). The lowest BCUT2D eigenvalue weighted by atomic mass is 9.82. The summed E-state index contributed by atoms with van der Waals surface area (Å²) >= 11 is 0. The number of rotatable bonds is 8. The normalized spacial score (nSPS) is 23.3. The molecular weight excluding hydrogens is 546 g/mol. The molecule has 0 aliphatic carbocycles. The Morgan fingerprint density at radius 1 is 1.02 bits per heavy atom. The number of carbonyl (C=O) groups is 1. The molecule has 2 atom stereocenters. The molecule has 3 aromatic rings. The second-order valence-electron chi connectivity index (χ2n) is 13.3. The second kappa shape index (κ2) is 11.7. The molecule has 230 valence electrons. The van der Waals surface area contributed by atoms with Crippen molar-refractivity contribution in [3.63, 3.8) is 0 Å². The van der Waals surface area contributed by atoms with E-state index in [0.29, 0.717) is 18.0 Å². The summed E-state index contributed by atoms with van der Waals surface area (Å²) in [6.07, 6.45) is 5.16. The summed E-state index contributed by atoms with van der Waals surface area (Å²) in [5, 5.41) is 12.7. The minimum atomic E-state index is -0.524. The molecule has 1 N–H and O–H groups in total. The Morgan fingerprint density at radius 3 is 2.33 bits per heavy atom. The predicted molar refractivity (Wildman–Crippen MR) is 165 cm³/mol. The SMILES string of the molecule is COCOc1cc(-c2ccn(C)c(=O)c2)ccc1-c1ccc(CNC2CC3(C)CCC(C)(C2)N3C(=O)OC(C)(C)C)nn1. The number of pyridine rings is 1. The first-order chi connectivity index (χ1) is 20.3. The fourth-order valence-corrected chi connectivity index (χ4v) is 6.56. The fraction of sp³-hybridized carbons (Fsp3) is 0.515. The molecule has 2 bridgehead atoms. The molecule has 2 aliphatic rings. The summed E-state index contributed by atoms with van der Waals surface area (Å²) in [5.74, 6) is 0.592. The zero-order valence-corrected chi connectivity index (χ0v) is 26.3. The number of aryl methyl sites for hydroxylation is 1. The van der Waals surface area contributed by atoms with Gasteiger partial charge in [-0.3, -0.25) is 9.69 Å². The number of methoxy groups -OCH3 is 1. The second-order valence-corrected chi connectivity index (χ2v) is 13.3. The first-order valence-electron chi connectivity index (χ1n) is 14.8. The van der Waals surface area contributed by atoms with E-state index in [9.17, 15) is 9.59 Å². The molecule has 2 saturated heterocycles. The fourth-order valence-electron chi connectivity index (χ4n) is 6.56. The number of ether oxygens (including phenoxy) is 3. The lowest BCUT2D eigenvalue weighted by Gasteiger charge is -2.51. The van der Waals surface area contributed by atoms with E-state index in [4.69, 9.17) is 14.2 Å². The standard InChI is InChI=1S/C33H43N5O5/c1-31(2,3)43-30(40)38-32(4)13-14-33(38,5)19-25(18-32)34-20-24-9-11-27(36-35-24)26-10-8-22(16-28(26)42-21-41-7)23-12-15-37(6)29(39)17-23/h8-12,15-17,25,34H,13-14,18-21H2,1-7H3. The van der Waals surface area contributed by atoms with Crippen LogP contribution in [0.4, 0.5) is 4.79 Å². The Kier molecular flexibility index (Phi) is 8.37. The highest BCUT2D eigenvalue weighted by Crippen LogP contribution is 2.51. The largest absolute Gasteiger partial charge is 0.467 e. The van der Waals surface area contributed by atoms with Gasteiger partial charge in [-0.05, 0) is 102 Å². The van der Waals surface area contributed by atoms with E-state index in [-0.39, 0.29) is 35.6 Å². The highest BCUT2D eigenvalue weighted by Gasteiger charge is 2.58. The van der Waals surface area contributed by atoms with Crippen molar-refractivity contribution in [2.24, 2.45) is 7.05 Å². The van der Waals surface area contributed by atoms with Crippen LogP contribution in [0.1, 0.15) is 66.0 Å².